The number of nitriles is 1. The molecule has 1 saturated heterocycles. The molecule has 0 spiro atoms. The molecule has 0 atom stereocenters. The molecule has 0 aromatic carbocycles. The number of nitrogens with zero attached hydrogens (tertiary/aromatic N) is 4. The SMILES string of the molecule is N#Cc1ccc(-c2ccccn2)n(CC(=O)N2CCCC2)c1=O. The van der Waals surface area contributed by atoms with Gasteiger partial charge in [-0.3, -0.25) is 19.1 Å². The second kappa shape index (κ2) is 6.44. The van der Waals surface area contributed by atoms with Gasteiger partial charge in [0.2, 0.25) is 5.91 Å². The fourth-order valence-electron chi connectivity index (χ4n) is 2.76. The third-order valence-electron chi connectivity index (χ3n) is 3.97. The van der Waals surface area contributed by atoms with Gasteiger partial charge in [-0.15, -0.1) is 0 Å². The molecular weight excluding hydrogens is 292 g/mol. The van der Waals surface area contributed by atoms with Crippen molar-refractivity contribution in [3.8, 4) is 17.5 Å². The van der Waals surface area contributed by atoms with E-state index in [4.69, 9.17) is 5.26 Å². The molecule has 6 nitrogen and oxygen atoms in total. The van der Waals surface area contributed by atoms with Crippen LogP contribution >= 0.6 is 0 Å². The summed E-state index contributed by atoms with van der Waals surface area (Å²) < 4.78 is 1.35. The van der Waals surface area contributed by atoms with Crippen molar-refractivity contribution in [1.29, 1.82) is 5.26 Å². The minimum Gasteiger partial charge on any atom is -0.341 e. The topological polar surface area (TPSA) is 79.0 Å². The van der Waals surface area contributed by atoms with Crippen molar-refractivity contribution in [3.63, 3.8) is 0 Å². The van der Waals surface area contributed by atoms with Gasteiger partial charge in [0.15, 0.2) is 0 Å². The van der Waals surface area contributed by atoms with E-state index in [2.05, 4.69) is 4.98 Å². The van der Waals surface area contributed by atoms with Gasteiger partial charge in [-0.05, 0) is 37.1 Å². The predicted molar refractivity (Wildman–Crippen MR) is 84.5 cm³/mol. The summed E-state index contributed by atoms with van der Waals surface area (Å²) >= 11 is 0. The van der Waals surface area contributed by atoms with Crippen LogP contribution in [0.3, 0.4) is 0 Å². The average molecular weight is 308 g/mol. The lowest BCUT2D eigenvalue weighted by Gasteiger charge is -2.18. The molecule has 1 amide bonds. The van der Waals surface area contributed by atoms with Crippen LogP contribution in [-0.2, 0) is 11.3 Å². The van der Waals surface area contributed by atoms with Crippen LogP contribution in [-0.4, -0.2) is 33.4 Å². The fourth-order valence-corrected chi connectivity index (χ4v) is 2.76. The number of rotatable bonds is 3. The smallest absolute Gasteiger partial charge is 0.269 e. The Morgan fingerprint density at radius 3 is 2.65 bits per heavy atom. The van der Waals surface area contributed by atoms with Crippen molar-refractivity contribution in [2.24, 2.45) is 0 Å². The Bertz CT molecular complexity index is 815. The first kappa shape index (κ1) is 15.0. The highest BCUT2D eigenvalue weighted by Crippen LogP contribution is 2.16. The summed E-state index contributed by atoms with van der Waals surface area (Å²) in [6, 6.07) is 10.4. The Kier molecular flexibility index (Phi) is 4.20. The maximum absolute atomic E-state index is 12.5. The van der Waals surface area contributed by atoms with Crippen molar-refractivity contribution >= 4 is 5.91 Å². The number of hydrogen-bond acceptors (Lipinski definition) is 4. The lowest BCUT2D eigenvalue weighted by Crippen LogP contribution is -2.35. The van der Waals surface area contributed by atoms with Gasteiger partial charge in [0, 0.05) is 19.3 Å². The van der Waals surface area contributed by atoms with Crippen LogP contribution in [0, 0.1) is 11.3 Å². The van der Waals surface area contributed by atoms with E-state index in [0.717, 1.165) is 25.9 Å². The molecule has 116 valence electrons. The number of carbonyl (C=O) groups is 1. The Morgan fingerprint density at radius 1 is 1.22 bits per heavy atom. The summed E-state index contributed by atoms with van der Waals surface area (Å²) in [5, 5.41) is 9.08. The minimum absolute atomic E-state index is 0.0268. The maximum atomic E-state index is 12.5. The zero-order valence-corrected chi connectivity index (χ0v) is 12.6. The maximum Gasteiger partial charge on any atom is 0.269 e. The Balaban J connectivity index is 2.04. The van der Waals surface area contributed by atoms with Gasteiger partial charge in [0.1, 0.15) is 18.2 Å². The zero-order valence-electron chi connectivity index (χ0n) is 12.6. The zero-order chi connectivity index (χ0) is 16.2. The average Bonchev–Trinajstić information content (AvgIpc) is 3.12. The van der Waals surface area contributed by atoms with Gasteiger partial charge in [-0.2, -0.15) is 5.26 Å². The van der Waals surface area contributed by atoms with Gasteiger partial charge in [-0.25, -0.2) is 0 Å². The van der Waals surface area contributed by atoms with Gasteiger partial charge in [-0.1, -0.05) is 6.07 Å². The molecule has 0 aliphatic carbocycles. The summed E-state index contributed by atoms with van der Waals surface area (Å²) in [7, 11) is 0. The molecule has 3 heterocycles. The number of hydrogen-bond donors (Lipinski definition) is 0. The largest absolute Gasteiger partial charge is 0.341 e. The van der Waals surface area contributed by atoms with Crippen LogP contribution in [0.5, 0.6) is 0 Å². The van der Waals surface area contributed by atoms with Gasteiger partial charge in [0.25, 0.3) is 5.56 Å². The number of amides is 1. The Hall–Kier alpha value is -2.94. The van der Waals surface area contributed by atoms with Crippen LogP contribution < -0.4 is 5.56 Å². The lowest BCUT2D eigenvalue weighted by atomic mass is 10.2. The van der Waals surface area contributed by atoms with E-state index in [9.17, 15) is 9.59 Å². The molecule has 23 heavy (non-hydrogen) atoms. The highest BCUT2D eigenvalue weighted by molar-refractivity contribution is 5.77. The van der Waals surface area contributed by atoms with Crippen LogP contribution in [0.4, 0.5) is 0 Å². The highest BCUT2D eigenvalue weighted by Gasteiger charge is 2.21. The molecular formula is C17H16N4O2. The molecule has 6 heteroatoms. The molecule has 0 N–H and O–H groups in total. The number of pyridine rings is 2. The minimum atomic E-state index is -0.455. The third kappa shape index (κ3) is 2.99. The molecule has 0 bridgehead atoms. The fraction of sp³-hybridized carbons (Fsp3) is 0.294. The van der Waals surface area contributed by atoms with Gasteiger partial charge in [0.05, 0.1) is 11.4 Å². The first-order valence-corrected chi connectivity index (χ1v) is 7.54. The van der Waals surface area contributed by atoms with E-state index in [1.807, 2.05) is 12.1 Å². The van der Waals surface area contributed by atoms with Crippen LogP contribution in [0.15, 0.2) is 41.3 Å². The first-order valence-electron chi connectivity index (χ1n) is 7.54. The van der Waals surface area contributed by atoms with E-state index < -0.39 is 5.56 Å². The summed E-state index contributed by atoms with van der Waals surface area (Å²) in [5.74, 6) is -0.100. The lowest BCUT2D eigenvalue weighted by molar-refractivity contribution is -0.130. The van der Waals surface area contributed by atoms with Gasteiger partial charge < -0.3 is 4.90 Å². The Labute approximate surface area is 133 Å². The standard InChI is InChI=1S/C17H16N4O2/c18-11-13-6-7-15(14-5-1-2-8-19-14)21(17(13)23)12-16(22)20-9-3-4-10-20/h1-2,5-8H,3-4,9-10,12H2. The summed E-state index contributed by atoms with van der Waals surface area (Å²) in [6.07, 6.45) is 3.61. The number of carbonyl (C=O) groups excluding carboxylic acids is 1. The molecule has 1 fully saturated rings. The predicted octanol–water partition coefficient (Wildman–Crippen LogP) is 1.40. The van der Waals surface area contributed by atoms with E-state index in [1.165, 1.54) is 10.6 Å². The van der Waals surface area contributed by atoms with Crippen LogP contribution in [0.1, 0.15) is 18.4 Å². The highest BCUT2D eigenvalue weighted by atomic mass is 16.2. The van der Waals surface area contributed by atoms with E-state index in [1.54, 1.807) is 29.3 Å². The summed E-state index contributed by atoms with van der Waals surface area (Å²) in [6.45, 7) is 1.38. The van der Waals surface area contributed by atoms with Gasteiger partial charge >= 0.3 is 0 Å². The second-order valence-electron chi connectivity index (χ2n) is 5.44. The van der Waals surface area contributed by atoms with E-state index in [-0.39, 0.29) is 18.0 Å². The molecule has 0 saturated carbocycles. The molecule has 1 aliphatic heterocycles. The molecule has 2 aromatic heterocycles. The van der Waals surface area contributed by atoms with Crippen LogP contribution in [0.2, 0.25) is 0 Å². The monoisotopic (exact) mass is 308 g/mol. The molecule has 0 radical (unpaired) electrons. The molecule has 3 rings (SSSR count). The Morgan fingerprint density at radius 2 is 2.00 bits per heavy atom. The normalized spacial score (nSPS) is 13.8. The molecule has 0 unspecified atom stereocenters. The number of aromatic nitrogens is 2. The van der Waals surface area contributed by atoms with E-state index in [0.29, 0.717) is 11.4 Å². The summed E-state index contributed by atoms with van der Waals surface area (Å²) in [5.41, 5.74) is 0.715. The second-order valence-corrected chi connectivity index (χ2v) is 5.44. The van der Waals surface area contributed by atoms with Crippen LogP contribution in [0.25, 0.3) is 11.4 Å². The van der Waals surface area contributed by atoms with Crippen molar-refractivity contribution in [1.82, 2.24) is 14.5 Å². The molecule has 1 aliphatic rings. The summed E-state index contributed by atoms with van der Waals surface area (Å²) in [4.78, 5) is 30.9. The van der Waals surface area contributed by atoms with Crippen molar-refractivity contribution < 1.29 is 4.79 Å². The number of likely N-dealkylation sites (tertiary alicyclic amines) is 1. The van der Waals surface area contributed by atoms with Crippen molar-refractivity contribution in [2.75, 3.05) is 13.1 Å². The quantitative estimate of drug-likeness (QED) is 0.858. The van der Waals surface area contributed by atoms with Crippen molar-refractivity contribution in [2.45, 2.75) is 19.4 Å². The molecule has 2 aromatic rings. The van der Waals surface area contributed by atoms with E-state index >= 15 is 0 Å². The first-order chi connectivity index (χ1) is 11.2. The van der Waals surface area contributed by atoms with Crippen molar-refractivity contribution in [3.05, 3.63) is 52.4 Å². The third-order valence-corrected chi connectivity index (χ3v) is 3.97.